The average molecular weight is 634 g/mol. The van der Waals surface area contributed by atoms with Crippen LogP contribution in [0, 0.1) is 23.7 Å². The van der Waals surface area contributed by atoms with Crippen LogP contribution in [-0.4, -0.2) is 123 Å². The summed E-state index contributed by atoms with van der Waals surface area (Å²) >= 11 is 1.90. The minimum Gasteiger partial charge on any atom is -0.478 e. The molecule has 8 aliphatic rings. The highest BCUT2D eigenvalue weighted by atomic mass is 32.2. The van der Waals surface area contributed by atoms with Crippen LogP contribution in [0.4, 0.5) is 0 Å². The Labute approximate surface area is 268 Å². The Balaban J connectivity index is 0.000000116. The first-order valence-corrected chi connectivity index (χ1v) is 17.4. The molecule has 4 saturated heterocycles. The molecule has 248 valence electrons. The second-order valence-electron chi connectivity index (χ2n) is 14.8. The summed E-state index contributed by atoms with van der Waals surface area (Å²) in [5, 5.41) is 11.5. The Kier molecular flexibility index (Phi) is 10.4. The van der Waals surface area contributed by atoms with Crippen molar-refractivity contribution in [2.45, 2.75) is 77.5 Å². The van der Waals surface area contributed by atoms with Gasteiger partial charge in [0, 0.05) is 42.5 Å². The quantitative estimate of drug-likeness (QED) is 0.432. The first kappa shape index (κ1) is 33.6. The van der Waals surface area contributed by atoms with E-state index in [-0.39, 0.29) is 16.6 Å². The third-order valence-electron chi connectivity index (χ3n) is 8.81. The molecule has 8 aliphatic heterocycles. The second kappa shape index (κ2) is 13.6. The Morgan fingerprint density at radius 3 is 1.41 bits per heavy atom. The van der Waals surface area contributed by atoms with E-state index in [4.69, 9.17) is 18.9 Å². The van der Waals surface area contributed by atoms with Crippen LogP contribution in [0.3, 0.4) is 0 Å². The number of hydrogen-bond donors (Lipinski definition) is 3. The lowest BCUT2D eigenvalue weighted by molar-refractivity contribution is -0.0608. The summed E-state index contributed by atoms with van der Waals surface area (Å²) in [7, 11) is 0. The van der Waals surface area contributed by atoms with E-state index in [1.165, 1.54) is 10.9 Å². The van der Waals surface area contributed by atoms with E-state index < -0.39 is 0 Å². The molecule has 0 aromatic rings. The number of amidine groups is 2. The van der Waals surface area contributed by atoms with E-state index >= 15 is 0 Å². The molecule has 0 amide bonds. The lowest BCUT2D eigenvalue weighted by Crippen LogP contribution is -2.68. The van der Waals surface area contributed by atoms with Gasteiger partial charge in [0.2, 0.25) is 0 Å². The number of nitrogens with zero attached hydrogens (tertiary/aromatic N) is 4. The third-order valence-corrected chi connectivity index (χ3v) is 10.4. The van der Waals surface area contributed by atoms with Crippen LogP contribution < -0.4 is 16.0 Å². The maximum Gasteiger partial charge on any atom is 0.186 e. The zero-order chi connectivity index (χ0) is 31.6. The van der Waals surface area contributed by atoms with Crippen LogP contribution in [0.15, 0.2) is 20.0 Å². The van der Waals surface area contributed by atoms with Crippen LogP contribution >= 0.6 is 11.8 Å². The minimum atomic E-state index is 0.0135. The fourth-order valence-electron chi connectivity index (χ4n) is 5.54. The molecule has 0 saturated carbocycles. The molecular weight excluding hydrogens is 578 g/mol. The number of hydrogen-bond acceptors (Lipinski definition) is 12. The van der Waals surface area contributed by atoms with Crippen LogP contribution in [0.5, 0.6) is 0 Å². The number of nitrogens with one attached hydrogen (secondary N) is 3. The first-order valence-electron chi connectivity index (χ1n) is 16.4. The summed E-state index contributed by atoms with van der Waals surface area (Å²) in [5.74, 6) is 6.45. The fraction of sp³-hybridized carbons (Fsp3) is 0.875. The molecule has 12 heteroatoms. The Bertz CT molecular complexity index is 1050. The van der Waals surface area contributed by atoms with Crippen molar-refractivity contribution in [3.63, 3.8) is 0 Å². The van der Waals surface area contributed by atoms with Crippen molar-refractivity contribution >= 4 is 34.4 Å². The lowest BCUT2D eigenvalue weighted by atomic mass is 9.93. The molecule has 11 nitrogen and oxygen atoms in total. The van der Waals surface area contributed by atoms with Gasteiger partial charge in [-0.15, -0.1) is 11.8 Å². The molecule has 0 unspecified atom stereocenters. The smallest absolute Gasteiger partial charge is 0.186 e. The highest BCUT2D eigenvalue weighted by Crippen LogP contribution is 2.36. The van der Waals surface area contributed by atoms with Crippen molar-refractivity contribution in [2.24, 2.45) is 43.6 Å². The highest BCUT2D eigenvalue weighted by molar-refractivity contribution is 8.14. The van der Waals surface area contributed by atoms with Gasteiger partial charge in [0.15, 0.2) is 5.90 Å². The maximum absolute atomic E-state index is 5.44. The molecule has 3 N–H and O–H groups in total. The van der Waals surface area contributed by atoms with Gasteiger partial charge in [0.05, 0.1) is 75.0 Å². The summed E-state index contributed by atoms with van der Waals surface area (Å²) in [5.41, 5.74) is 0.711. The van der Waals surface area contributed by atoms with Gasteiger partial charge in [0.1, 0.15) is 23.2 Å². The van der Waals surface area contributed by atoms with Crippen LogP contribution in [-0.2, 0) is 18.9 Å². The monoisotopic (exact) mass is 633 g/mol. The topological polar surface area (TPSA) is 122 Å². The zero-order valence-electron chi connectivity index (χ0n) is 28.1. The van der Waals surface area contributed by atoms with Crippen LogP contribution in [0.25, 0.3) is 0 Å². The maximum atomic E-state index is 5.44. The van der Waals surface area contributed by atoms with Crippen molar-refractivity contribution in [1.82, 2.24) is 16.0 Å². The summed E-state index contributed by atoms with van der Waals surface area (Å²) in [6, 6.07) is 0. The van der Waals surface area contributed by atoms with Gasteiger partial charge >= 0.3 is 0 Å². The third kappa shape index (κ3) is 7.62. The predicted octanol–water partition coefficient (Wildman–Crippen LogP) is 2.80. The summed E-state index contributed by atoms with van der Waals surface area (Å²) < 4.78 is 20.9. The van der Waals surface area contributed by atoms with Gasteiger partial charge in [0.25, 0.3) is 0 Å². The number of thioether (sulfide) groups is 1. The van der Waals surface area contributed by atoms with E-state index in [2.05, 4.69) is 91.3 Å². The lowest BCUT2D eigenvalue weighted by Gasteiger charge is -2.39. The average Bonchev–Trinajstić information content (AvgIpc) is 3.71. The van der Waals surface area contributed by atoms with E-state index in [1.807, 2.05) is 11.8 Å². The van der Waals surface area contributed by atoms with Crippen LogP contribution in [0.1, 0.15) is 55.4 Å². The van der Waals surface area contributed by atoms with E-state index in [9.17, 15) is 0 Å². The molecule has 0 aliphatic carbocycles. The van der Waals surface area contributed by atoms with Gasteiger partial charge in [-0.1, -0.05) is 55.4 Å². The largest absolute Gasteiger partial charge is 0.478 e. The molecule has 0 atom stereocenters. The van der Waals surface area contributed by atoms with Gasteiger partial charge in [-0.25, -0.2) is 4.99 Å². The Hall–Kier alpha value is -1.73. The normalized spacial score (nSPS) is 26.8. The Morgan fingerprint density at radius 2 is 1.16 bits per heavy atom. The van der Waals surface area contributed by atoms with Gasteiger partial charge in [-0.2, -0.15) is 0 Å². The zero-order valence-corrected chi connectivity index (χ0v) is 28.9. The van der Waals surface area contributed by atoms with Crippen molar-refractivity contribution in [3.8, 4) is 0 Å². The van der Waals surface area contributed by atoms with Gasteiger partial charge in [-0.05, 0) is 0 Å². The molecule has 4 fully saturated rings. The molecule has 0 bridgehead atoms. The SMILES string of the molecule is CC(C)C1=NC2(COC2)CO1.CC(C)C1=NC2(COC2)CS1.CC(C)C1=NCC2(CNC2)N1.CC(C)C1=NCC2(COC2)N1. The molecule has 8 rings (SSSR count). The van der Waals surface area contributed by atoms with Crippen molar-refractivity contribution < 1.29 is 18.9 Å². The van der Waals surface area contributed by atoms with Gasteiger partial charge < -0.3 is 34.9 Å². The minimum absolute atomic E-state index is 0.0135. The Morgan fingerprint density at radius 1 is 0.614 bits per heavy atom. The van der Waals surface area contributed by atoms with Crippen molar-refractivity contribution in [2.75, 3.05) is 78.2 Å². The standard InChI is InChI=1S/C8H15N3.C8H14N2O.C8H13NO2.C8H13NOS/c1-6(2)7-10-5-8(11-7)3-9-4-8;1-6(2)7-9-3-8(10-7)4-11-5-8;2*1-6(2)7-9-8(5-11-7)3-10-4-8/h6,9H,3-5H2,1-2H3,(H,10,11);6H,3-5H2,1-2H3,(H,9,10);2*6H,3-5H2,1-2H3. The van der Waals surface area contributed by atoms with E-state index in [0.717, 1.165) is 89.9 Å². The molecule has 0 aromatic heterocycles. The summed E-state index contributed by atoms with van der Waals surface area (Å²) in [4.78, 5) is 18.1. The molecular formula is C32H55N7O4S. The summed E-state index contributed by atoms with van der Waals surface area (Å²) in [6.07, 6.45) is 0. The molecule has 44 heavy (non-hydrogen) atoms. The second-order valence-corrected chi connectivity index (χ2v) is 15.8. The van der Waals surface area contributed by atoms with Gasteiger partial charge in [-0.3, -0.25) is 15.0 Å². The molecule has 8 heterocycles. The fourth-order valence-corrected chi connectivity index (χ4v) is 6.78. The first-order chi connectivity index (χ1) is 20.9. The van der Waals surface area contributed by atoms with Crippen molar-refractivity contribution in [1.29, 1.82) is 0 Å². The predicted molar refractivity (Wildman–Crippen MR) is 180 cm³/mol. The molecule has 4 spiro atoms. The number of rotatable bonds is 4. The number of ether oxygens (including phenoxy) is 4. The number of aliphatic imine (C=N–C) groups is 4. The highest BCUT2D eigenvalue weighted by Gasteiger charge is 2.45. The van der Waals surface area contributed by atoms with E-state index in [0.29, 0.717) is 29.2 Å². The molecule has 0 radical (unpaired) electrons. The van der Waals surface area contributed by atoms with Crippen LogP contribution in [0.2, 0.25) is 0 Å². The van der Waals surface area contributed by atoms with E-state index in [1.54, 1.807) is 0 Å². The molecule has 0 aromatic carbocycles. The summed E-state index contributed by atoms with van der Waals surface area (Å²) in [6.45, 7) is 26.8. The van der Waals surface area contributed by atoms with Crippen molar-refractivity contribution in [3.05, 3.63) is 0 Å².